The molecule has 1 aliphatic rings. The number of carboxylic acids is 1. The van der Waals surface area contributed by atoms with Gasteiger partial charge in [0.25, 0.3) is 0 Å². The highest BCUT2D eigenvalue weighted by Crippen LogP contribution is 2.21. The zero-order valence-corrected chi connectivity index (χ0v) is 11.7. The predicted molar refractivity (Wildman–Crippen MR) is 71.1 cm³/mol. The van der Waals surface area contributed by atoms with E-state index in [0.29, 0.717) is 0 Å². The first kappa shape index (κ1) is 15.4. The van der Waals surface area contributed by atoms with E-state index in [1.807, 2.05) is 0 Å². The summed E-state index contributed by atoms with van der Waals surface area (Å²) in [5.41, 5.74) is 5.17. The van der Waals surface area contributed by atoms with Crippen molar-refractivity contribution < 1.29 is 27.9 Å². The second-order valence-corrected chi connectivity index (χ2v) is 6.33. The van der Waals surface area contributed by atoms with E-state index in [1.165, 1.54) is 24.3 Å². The van der Waals surface area contributed by atoms with Crippen molar-refractivity contribution in [1.29, 1.82) is 0 Å². The number of hydrogen-bond acceptors (Lipinski definition) is 5. The quantitative estimate of drug-likeness (QED) is 0.753. The van der Waals surface area contributed by atoms with Crippen LogP contribution < -0.4 is 5.73 Å². The smallest absolute Gasteiger partial charge is 0.335 e. The van der Waals surface area contributed by atoms with Crippen LogP contribution in [0.15, 0.2) is 29.2 Å². The molecule has 1 aromatic rings. The molecule has 1 heterocycles. The second kappa shape index (κ2) is 5.80. The SMILES string of the molecule is NC(=O)C1COCCN1S(=O)(=O)c1ccc(C(=O)O)cc1. The van der Waals surface area contributed by atoms with E-state index >= 15 is 0 Å². The minimum absolute atomic E-state index is 0.0105. The Balaban J connectivity index is 2.35. The van der Waals surface area contributed by atoms with Gasteiger partial charge in [-0.15, -0.1) is 0 Å². The molecule has 0 aliphatic carbocycles. The Morgan fingerprint density at radius 2 is 1.90 bits per heavy atom. The topological polar surface area (TPSA) is 127 Å². The molecule has 0 aromatic heterocycles. The Labute approximate surface area is 121 Å². The van der Waals surface area contributed by atoms with Gasteiger partial charge in [-0.2, -0.15) is 4.31 Å². The van der Waals surface area contributed by atoms with Crippen LogP contribution in [-0.2, 0) is 19.6 Å². The molecule has 1 saturated heterocycles. The average molecular weight is 314 g/mol. The Kier molecular flexibility index (Phi) is 4.26. The molecule has 3 N–H and O–H groups in total. The summed E-state index contributed by atoms with van der Waals surface area (Å²) in [6.07, 6.45) is 0. The molecule has 8 nitrogen and oxygen atoms in total. The largest absolute Gasteiger partial charge is 0.478 e. The van der Waals surface area contributed by atoms with Gasteiger partial charge in [0.1, 0.15) is 6.04 Å². The molecule has 0 radical (unpaired) electrons. The van der Waals surface area contributed by atoms with Gasteiger partial charge in [-0.1, -0.05) is 0 Å². The number of rotatable bonds is 4. The maximum atomic E-state index is 12.5. The Bertz CT molecular complexity index is 655. The maximum Gasteiger partial charge on any atom is 0.335 e. The first-order valence-corrected chi connectivity index (χ1v) is 7.50. The number of aromatic carboxylic acids is 1. The average Bonchev–Trinajstić information content (AvgIpc) is 2.47. The van der Waals surface area contributed by atoms with Crippen molar-refractivity contribution in [3.63, 3.8) is 0 Å². The molecule has 1 fully saturated rings. The number of nitrogens with zero attached hydrogens (tertiary/aromatic N) is 1. The number of ether oxygens (including phenoxy) is 1. The molecule has 114 valence electrons. The summed E-state index contributed by atoms with van der Waals surface area (Å²) >= 11 is 0. The molecule has 1 aromatic carbocycles. The van der Waals surface area contributed by atoms with Crippen LogP contribution in [-0.4, -0.2) is 55.5 Å². The fraction of sp³-hybridized carbons (Fsp3) is 0.333. The second-order valence-electron chi connectivity index (χ2n) is 4.44. The lowest BCUT2D eigenvalue weighted by Crippen LogP contribution is -2.54. The first-order chi connectivity index (χ1) is 9.84. The summed E-state index contributed by atoms with van der Waals surface area (Å²) in [5.74, 6) is -1.94. The van der Waals surface area contributed by atoms with Gasteiger partial charge >= 0.3 is 5.97 Å². The summed E-state index contributed by atoms with van der Waals surface area (Å²) in [6.45, 7) is 0.0780. The predicted octanol–water partition coefficient (Wildman–Crippen LogP) is -0.740. The fourth-order valence-electron chi connectivity index (χ4n) is 2.01. The van der Waals surface area contributed by atoms with E-state index in [-0.39, 0.29) is 30.2 Å². The molecular formula is C12H14N2O6S. The van der Waals surface area contributed by atoms with Crippen LogP contribution in [0.5, 0.6) is 0 Å². The van der Waals surface area contributed by atoms with Crippen molar-refractivity contribution in [3.8, 4) is 0 Å². The monoisotopic (exact) mass is 314 g/mol. The summed E-state index contributed by atoms with van der Waals surface area (Å²) in [7, 11) is -3.94. The third kappa shape index (κ3) is 3.04. The van der Waals surface area contributed by atoms with E-state index in [4.69, 9.17) is 15.6 Å². The Morgan fingerprint density at radius 1 is 1.29 bits per heavy atom. The zero-order chi connectivity index (χ0) is 15.6. The number of nitrogens with two attached hydrogens (primary N) is 1. The molecule has 0 spiro atoms. The highest BCUT2D eigenvalue weighted by atomic mass is 32.2. The highest BCUT2D eigenvalue weighted by Gasteiger charge is 2.37. The van der Waals surface area contributed by atoms with E-state index in [9.17, 15) is 18.0 Å². The van der Waals surface area contributed by atoms with E-state index in [2.05, 4.69) is 0 Å². The number of carboxylic acid groups (broad SMARTS) is 1. The van der Waals surface area contributed by atoms with Gasteiger partial charge in [0.05, 0.1) is 23.7 Å². The lowest BCUT2D eigenvalue weighted by Gasteiger charge is -2.32. The lowest BCUT2D eigenvalue weighted by atomic mass is 10.2. The standard InChI is InChI=1S/C12H14N2O6S/c13-11(15)10-7-20-6-5-14(10)21(18,19)9-3-1-8(2-4-9)12(16)17/h1-4,10H,5-7H2,(H2,13,15)(H,16,17). The van der Waals surface area contributed by atoms with E-state index in [1.54, 1.807) is 0 Å². The van der Waals surface area contributed by atoms with Crippen LogP contribution in [0.3, 0.4) is 0 Å². The molecule has 0 saturated carbocycles. The third-order valence-electron chi connectivity index (χ3n) is 3.12. The fourth-order valence-corrected chi connectivity index (χ4v) is 3.57. The van der Waals surface area contributed by atoms with Crippen LogP contribution in [0.4, 0.5) is 0 Å². The summed E-state index contributed by atoms with van der Waals surface area (Å²) < 4.78 is 31.0. The van der Waals surface area contributed by atoms with Crippen molar-refractivity contribution in [2.75, 3.05) is 19.8 Å². The number of carbonyl (C=O) groups excluding carboxylic acids is 1. The van der Waals surface area contributed by atoms with Gasteiger partial charge in [-0.25, -0.2) is 13.2 Å². The lowest BCUT2D eigenvalue weighted by molar-refractivity contribution is -0.125. The molecule has 21 heavy (non-hydrogen) atoms. The van der Waals surface area contributed by atoms with Crippen molar-refractivity contribution in [1.82, 2.24) is 4.31 Å². The van der Waals surface area contributed by atoms with Gasteiger partial charge in [-0.05, 0) is 24.3 Å². The number of hydrogen-bond donors (Lipinski definition) is 2. The molecular weight excluding hydrogens is 300 g/mol. The van der Waals surface area contributed by atoms with E-state index < -0.39 is 27.9 Å². The Morgan fingerprint density at radius 3 is 2.43 bits per heavy atom. The van der Waals surface area contributed by atoms with Crippen molar-refractivity contribution in [2.45, 2.75) is 10.9 Å². The number of benzene rings is 1. The van der Waals surface area contributed by atoms with Gasteiger partial charge < -0.3 is 15.6 Å². The summed E-state index contributed by atoms with van der Waals surface area (Å²) in [4.78, 5) is 22.0. The Hall–Kier alpha value is -1.97. The van der Waals surface area contributed by atoms with Gasteiger partial charge in [0, 0.05) is 6.54 Å². The van der Waals surface area contributed by atoms with Crippen LogP contribution in [0.25, 0.3) is 0 Å². The van der Waals surface area contributed by atoms with Gasteiger partial charge in [-0.3, -0.25) is 4.79 Å². The van der Waals surface area contributed by atoms with Crippen LogP contribution in [0.2, 0.25) is 0 Å². The molecule has 1 unspecified atom stereocenters. The number of morpholine rings is 1. The molecule has 9 heteroatoms. The zero-order valence-electron chi connectivity index (χ0n) is 10.9. The normalized spacial score (nSPS) is 20.1. The van der Waals surface area contributed by atoms with Crippen molar-refractivity contribution >= 4 is 21.9 Å². The highest BCUT2D eigenvalue weighted by molar-refractivity contribution is 7.89. The summed E-state index contributed by atoms with van der Waals surface area (Å²) in [5, 5.41) is 8.80. The van der Waals surface area contributed by atoms with Gasteiger partial charge in [0.15, 0.2) is 0 Å². The first-order valence-electron chi connectivity index (χ1n) is 6.06. The minimum Gasteiger partial charge on any atom is -0.478 e. The molecule has 1 amide bonds. The van der Waals surface area contributed by atoms with Crippen LogP contribution in [0.1, 0.15) is 10.4 Å². The molecule has 1 atom stereocenters. The molecule has 1 aliphatic heterocycles. The number of amides is 1. The molecule has 2 rings (SSSR count). The number of sulfonamides is 1. The van der Waals surface area contributed by atoms with Crippen molar-refractivity contribution in [3.05, 3.63) is 29.8 Å². The number of carbonyl (C=O) groups is 2. The minimum atomic E-state index is -3.94. The summed E-state index contributed by atoms with van der Waals surface area (Å²) in [6, 6.07) is 3.69. The maximum absolute atomic E-state index is 12.5. The van der Waals surface area contributed by atoms with Crippen LogP contribution >= 0.6 is 0 Å². The van der Waals surface area contributed by atoms with Crippen molar-refractivity contribution in [2.24, 2.45) is 5.73 Å². The molecule has 0 bridgehead atoms. The third-order valence-corrected chi connectivity index (χ3v) is 5.04. The van der Waals surface area contributed by atoms with E-state index in [0.717, 1.165) is 4.31 Å². The number of primary amides is 1. The van der Waals surface area contributed by atoms with Crippen LogP contribution in [0, 0.1) is 0 Å². The van der Waals surface area contributed by atoms with Gasteiger partial charge in [0.2, 0.25) is 15.9 Å².